The molecule has 0 aliphatic carbocycles. The van der Waals surface area contributed by atoms with Gasteiger partial charge in [-0.2, -0.15) is 5.26 Å². The number of likely N-dealkylation sites (N-methyl/N-ethyl adjacent to an activating group) is 1. The minimum Gasteiger partial charge on any atom is -0.304 e. The van der Waals surface area contributed by atoms with Gasteiger partial charge in [0.25, 0.3) is 0 Å². The summed E-state index contributed by atoms with van der Waals surface area (Å²) in [5, 5.41) is 11.2. The molecule has 0 aromatic carbocycles. The third-order valence-corrected chi connectivity index (χ3v) is 0.987. The van der Waals surface area contributed by atoms with E-state index in [-0.39, 0.29) is 6.04 Å². The molecule has 0 saturated heterocycles. The van der Waals surface area contributed by atoms with Crippen molar-refractivity contribution in [3.05, 3.63) is 0 Å². The molecule has 0 spiro atoms. The van der Waals surface area contributed by atoms with Crippen molar-refractivity contribution in [2.24, 2.45) is 0 Å². The molecule has 0 amide bonds. The van der Waals surface area contributed by atoms with Gasteiger partial charge in [0, 0.05) is 6.54 Å². The highest BCUT2D eigenvalue weighted by molar-refractivity contribution is 4.89. The zero-order valence-corrected chi connectivity index (χ0v) is 5.73. The molecule has 4 nitrogen and oxygen atoms in total. The summed E-state index contributed by atoms with van der Waals surface area (Å²) in [4.78, 5) is 0. The van der Waals surface area contributed by atoms with Crippen LogP contribution >= 0.6 is 0 Å². The lowest BCUT2D eigenvalue weighted by atomic mass is 10.3. The van der Waals surface area contributed by atoms with E-state index in [1.165, 1.54) is 0 Å². The first kappa shape index (κ1) is 8.37. The smallest absolute Gasteiger partial charge is 0.109 e. The molecule has 0 bridgehead atoms. The Morgan fingerprint density at radius 1 is 1.56 bits per heavy atom. The first-order valence-electron chi connectivity index (χ1n) is 2.81. The van der Waals surface area contributed by atoms with Crippen LogP contribution in [0.4, 0.5) is 0 Å². The Morgan fingerprint density at radius 2 is 2.22 bits per heavy atom. The predicted molar refractivity (Wildman–Crippen MR) is 35.5 cm³/mol. The highest BCUT2D eigenvalue weighted by Crippen LogP contribution is 1.71. The SMILES string of the molecule is CNNCC(C#N)NC. The Labute approximate surface area is 55.2 Å². The van der Waals surface area contributed by atoms with E-state index in [1.807, 2.05) is 0 Å². The van der Waals surface area contributed by atoms with Gasteiger partial charge in [-0.05, 0) is 14.1 Å². The molecular formula is C5H12N4. The molecule has 0 fully saturated rings. The second-order valence-corrected chi connectivity index (χ2v) is 1.60. The van der Waals surface area contributed by atoms with Gasteiger partial charge in [0.2, 0.25) is 0 Å². The van der Waals surface area contributed by atoms with E-state index < -0.39 is 0 Å². The van der Waals surface area contributed by atoms with Crippen LogP contribution in [0.3, 0.4) is 0 Å². The number of rotatable bonds is 4. The molecule has 0 radical (unpaired) electrons. The van der Waals surface area contributed by atoms with E-state index in [9.17, 15) is 0 Å². The zero-order chi connectivity index (χ0) is 7.11. The second kappa shape index (κ2) is 5.51. The van der Waals surface area contributed by atoms with Crippen molar-refractivity contribution in [3.63, 3.8) is 0 Å². The lowest BCUT2D eigenvalue weighted by Gasteiger charge is -2.06. The number of nitrogens with zero attached hydrogens (tertiary/aromatic N) is 1. The second-order valence-electron chi connectivity index (χ2n) is 1.60. The summed E-state index contributed by atoms with van der Waals surface area (Å²) in [6.45, 7) is 0.615. The Bertz CT molecular complexity index is 95.6. The van der Waals surface area contributed by atoms with Gasteiger partial charge in [0.05, 0.1) is 6.07 Å². The Morgan fingerprint density at radius 3 is 2.56 bits per heavy atom. The summed E-state index contributed by atoms with van der Waals surface area (Å²) < 4.78 is 0. The fourth-order valence-electron chi connectivity index (χ4n) is 0.416. The summed E-state index contributed by atoms with van der Waals surface area (Å²) in [5.74, 6) is 0. The van der Waals surface area contributed by atoms with E-state index in [0.717, 1.165) is 0 Å². The van der Waals surface area contributed by atoms with Gasteiger partial charge in [-0.1, -0.05) is 0 Å². The average molecular weight is 128 g/mol. The first-order chi connectivity index (χ1) is 4.35. The van der Waals surface area contributed by atoms with Gasteiger partial charge in [0.1, 0.15) is 6.04 Å². The molecular weight excluding hydrogens is 116 g/mol. The number of nitriles is 1. The first-order valence-corrected chi connectivity index (χ1v) is 2.81. The van der Waals surface area contributed by atoms with E-state index in [4.69, 9.17) is 5.26 Å². The Balaban J connectivity index is 3.23. The maximum atomic E-state index is 8.37. The number of hydrazine groups is 1. The van der Waals surface area contributed by atoms with Gasteiger partial charge in [-0.25, -0.2) is 0 Å². The average Bonchev–Trinajstić information content (AvgIpc) is 1.91. The van der Waals surface area contributed by atoms with Crippen LogP contribution in [0, 0.1) is 11.3 Å². The molecule has 0 aromatic rings. The molecule has 52 valence electrons. The van der Waals surface area contributed by atoms with Gasteiger partial charge in [0.15, 0.2) is 0 Å². The molecule has 9 heavy (non-hydrogen) atoms. The van der Waals surface area contributed by atoms with Crippen molar-refractivity contribution in [1.82, 2.24) is 16.2 Å². The van der Waals surface area contributed by atoms with E-state index in [1.54, 1.807) is 14.1 Å². The normalized spacial score (nSPS) is 12.6. The molecule has 1 atom stereocenters. The number of hydrogen-bond donors (Lipinski definition) is 3. The van der Waals surface area contributed by atoms with Crippen LogP contribution < -0.4 is 16.2 Å². The van der Waals surface area contributed by atoms with Crippen LogP contribution in [0.25, 0.3) is 0 Å². The summed E-state index contributed by atoms with van der Waals surface area (Å²) in [6, 6.07) is 1.96. The minimum atomic E-state index is -0.113. The van der Waals surface area contributed by atoms with Gasteiger partial charge >= 0.3 is 0 Å². The van der Waals surface area contributed by atoms with Crippen LogP contribution in [-0.4, -0.2) is 26.7 Å². The van der Waals surface area contributed by atoms with Crippen molar-refractivity contribution in [2.75, 3.05) is 20.6 Å². The van der Waals surface area contributed by atoms with E-state index in [2.05, 4.69) is 22.2 Å². The van der Waals surface area contributed by atoms with Gasteiger partial charge in [-0.3, -0.25) is 10.9 Å². The lowest BCUT2D eigenvalue weighted by Crippen LogP contribution is -2.40. The van der Waals surface area contributed by atoms with Crippen LogP contribution in [0.5, 0.6) is 0 Å². The highest BCUT2D eigenvalue weighted by atomic mass is 15.3. The van der Waals surface area contributed by atoms with Crippen LogP contribution in [0.15, 0.2) is 0 Å². The van der Waals surface area contributed by atoms with Crippen molar-refractivity contribution < 1.29 is 0 Å². The number of nitrogens with one attached hydrogen (secondary N) is 3. The van der Waals surface area contributed by atoms with Crippen molar-refractivity contribution in [3.8, 4) is 6.07 Å². The predicted octanol–water partition coefficient (Wildman–Crippen LogP) is -1.18. The van der Waals surface area contributed by atoms with E-state index in [0.29, 0.717) is 6.54 Å². The molecule has 0 aliphatic rings. The molecule has 0 aromatic heterocycles. The third kappa shape index (κ3) is 3.91. The highest BCUT2D eigenvalue weighted by Gasteiger charge is 1.99. The minimum absolute atomic E-state index is 0.113. The maximum Gasteiger partial charge on any atom is 0.109 e. The fraction of sp³-hybridized carbons (Fsp3) is 0.800. The van der Waals surface area contributed by atoms with Crippen LogP contribution in [0.2, 0.25) is 0 Å². The molecule has 1 unspecified atom stereocenters. The molecule has 0 saturated carbocycles. The summed E-state index contributed by atoms with van der Waals surface area (Å²) >= 11 is 0. The largest absolute Gasteiger partial charge is 0.304 e. The molecule has 0 heterocycles. The molecule has 0 rings (SSSR count). The summed E-state index contributed by atoms with van der Waals surface area (Å²) in [6.07, 6.45) is 0. The Kier molecular flexibility index (Phi) is 5.12. The van der Waals surface area contributed by atoms with Crippen LogP contribution in [0.1, 0.15) is 0 Å². The maximum absolute atomic E-state index is 8.37. The standard InChI is InChI=1S/C5H12N4/c1-7-5(3-6)4-9-8-2/h5,7-9H,4H2,1-2H3. The monoisotopic (exact) mass is 128 g/mol. The van der Waals surface area contributed by atoms with Crippen molar-refractivity contribution in [2.45, 2.75) is 6.04 Å². The fourth-order valence-corrected chi connectivity index (χ4v) is 0.416. The van der Waals surface area contributed by atoms with E-state index >= 15 is 0 Å². The third-order valence-electron chi connectivity index (χ3n) is 0.987. The molecule has 4 heteroatoms. The quantitative estimate of drug-likeness (QED) is 0.417. The lowest BCUT2D eigenvalue weighted by molar-refractivity contribution is 0.534. The summed E-state index contributed by atoms with van der Waals surface area (Å²) in [7, 11) is 3.52. The summed E-state index contributed by atoms with van der Waals surface area (Å²) in [5.41, 5.74) is 5.54. The van der Waals surface area contributed by atoms with Crippen molar-refractivity contribution >= 4 is 0 Å². The van der Waals surface area contributed by atoms with Gasteiger partial charge < -0.3 is 5.32 Å². The topological polar surface area (TPSA) is 59.9 Å². The van der Waals surface area contributed by atoms with Gasteiger partial charge in [-0.15, -0.1) is 0 Å². The molecule has 3 N–H and O–H groups in total. The number of hydrogen-bond acceptors (Lipinski definition) is 4. The molecule has 0 aliphatic heterocycles. The zero-order valence-electron chi connectivity index (χ0n) is 5.73. The van der Waals surface area contributed by atoms with Crippen molar-refractivity contribution in [1.29, 1.82) is 5.26 Å². The van der Waals surface area contributed by atoms with Crippen LogP contribution in [-0.2, 0) is 0 Å². The Hall–Kier alpha value is -0.630.